The number of amides is 1. The first-order chi connectivity index (χ1) is 12.8. The lowest BCUT2D eigenvalue weighted by Crippen LogP contribution is -2.37. The van der Waals surface area contributed by atoms with Gasteiger partial charge in [-0.05, 0) is 31.2 Å². The minimum absolute atomic E-state index is 0.222. The molecule has 0 saturated heterocycles. The van der Waals surface area contributed by atoms with Gasteiger partial charge in [-0.15, -0.1) is 11.3 Å². The summed E-state index contributed by atoms with van der Waals surface area (Å²) in [5.74, 6) is 0.258. The second-order valence-electron chi connectivity index (χ2n) is 6.99. The third kappa shape index (κ3) is 2.97. The SMILES string of the molecule is C[C@H]1CCc2nc(NC(=O)c3cnc4c(c3)c(=O)n(C)c(=O)n4C)sc2C1. The number of carbonyl (C=O) groups is 1. The van der Waals surface area contributed by atoms with Crippen molar-refractivity contribution in [2.45, 2.75) is 26.2 Å². The second-order valence-corrected chi connectivity index (χ2v) is 8.08. The quantitative estimate of drug-likeness (QED) is 0.720. The van der Waals surface area contributed by atoms with E-state index in [0.29, 0.717) is 11.0 Å². The van der Waals surface area contributed by atoms with Gasteiger partial charge in [-0.3, -0.25) is 24.0 Å². The van der Waals surface area contributed by atoms with Crippen LogP contribution in [-0.4, -0.2) is 25.0 Å². The highest BCUT2D eigenvalue weighted by atomic mass is 32.1. The zero-order chi connectivity index (χ0) is 19.3. The fourth-order valence-electron chi connectivity index (χ4n) is 3.35. The van der Waals surface area contributed by atoms with Crippen LogP contribution >= 0.6 is 11.3 Å². The number of nitrogens with one attached hydrogen (secondary N) is 1. The molecular formula is C18H19N5O3S. The van der Waals surface area contributed by atoms with Crippen molar-refractivity contribution >= 4 is 33.4 Å². The highest BCUT2D eigenvalue weighted by molar-refractivity contribution is 7.15. The Morgan fingerprint density at radius 3 is 2.85 bits per heavy atom. The van der Waals surface area contributed by atoms with Crippen LogP contribution in [-0.2, 0) is 26.9 Å². The van der Waals surface area contributed by atoms with E-state index in [1.165, 1.54) is 47.1 Å². The standard InChI is InChI=1S/C18H19N5O3S/c1-9-4-5-12-13(6-9)27-17(20-12)21-15(24)10-7-11-14(19-8-10)22(2)18(26)23(3)16(11)25/h7-9H,4-6H2,1-3H3,(H,20,21,24)/t9-/m0/s1. The van der Waals surface area contributed by atoms with Gasteiger partial charge in [0.2, 0.25) is 0 Å². The molecule has 1 amide bonds. The molecule has 140 valence electrons. The molecule has 0 saturated carbocycles. The summed E-state index contributed by atoms with van der Waals surface area (Å²) in [7, 11) is 2.94. The summed E-state index contributed by atoms with van der Waals surface area (Å²) in [6.07, 6.45) is 4.40. The molecule has 1 aliphatic carbocycles. The molecule has 9 heteroatoms. The lowest BCUT2D eigenvalue weighted by molar-refractivity contribution is 0.102. The van der Waals surface area contributed by atoms with Gasteiger partial charge in [0.25, 0.3) is 11.5 Å². The van der Waals surface area contributed by atoms with E-state index in [0.717, 1.165) is 29.5 Å². The average Bonchev–Trinajstić information content (AvgIpc) is 3.05. The van der Waals surface area contributed by atoms with Crippen LogP contribution in [0.4, 0.5) is 5.13 Å². The van der Waals surface area contributed by atoms with E-state index in [9.17, 15) is 14.4 Å². The van der Waals surface area contributed by atoms with Gasteiger partial charge < -0.3 is 0 Å². The molecule has 3 aromatic rings. The number of aryl methyl sites for hydroxylation is 2. The van der Waals surface area contributed by atoms with Crippen molar-refractivity contribution in [3.05, 3.63) is 49.2 Å². The number of nitrogens with zero attached hydrogens (tertiary/aromatic N) is 4. The Balaban J connectivity index is 1.67. The monoisotopic (exact) mass is 385 g/mol. The Morgan fingerprint density at radius 2 is 2.07 bits per heavy atom. The third-order valence-corrected chi connectivity index (χ3v) is 6.00. The number of thiazole rings is 1. The number of hydrogen-bond donors (Lipinski definition) is 1. The van der Waals surface area contributed by atoms with Gasteiger partial charge in [-0.25, -0.2) is 14.8 Å². The Morgan fingerprint density at radius 1 is 1.30 bits per heavy atom. The Kier molecular flexibility index (Phi) is 4.18. The predicted molar refractivity (Wildman–Crippen MR) is 103 cm³/mol. The molecule has 0 unspecified atom stereocenters. The molecule has 0 radical (unpaired) electrons. The van der Waals surface area contributed by atoms with Crippen LogP contribution in [0.15, 0.2) is 21.9 Å². The van der Waals surface area contributed by atoms with Gasteiger partial charge in [0.15, 0.2) is 5.13 Å². The lowest BCUT2D eigenvalue weighted by atomic mass is 9.93. The fraction of sp³-hybridized carbons (Fsp3) is 0.389. The van der Waals surface area contributed by atoms with E-state index in [4.69, 9.17) is 0 Å². The number of anilines is 1. The van der Waals surface area contributed by atoms with Gasteiger partial charge >= 0.3 is 5.69 Å². The summed E-state index contributed by atoms with van der Waals surface area (Å²) in [5, 5.41) is 3.59. The largest absolute Gasteiger partial charge is 0.332 e. The van der Waals surface area contributed by atoms with Crippen LogP contribution in [0.1, 0.15) is 34.3 Å². The normalized spacial score (nSPS) is 16.3. The summed E-state index contributed by atoms with van der Waals surface area (Å²) in [6, 6.07) is 1.47. The number of aromatic nitrogens is 4. The number of fused-ring (bicyclic) bond motifs is 2. The van der Waals surface area contributed by atoms with Gasteiger partial charge in [0.1, 0.15) is 5.65 Å². The summed E-state index contributed by atoms with van der Waals surface area (Å²) < 4.78 is 2.29. The minimum atomic E-state index is -0.478. The van der Waals surface area contributed by atoms with E-state index >= 15 is 0 Å². The molecule has 8 nitrogen and oxygen atoms in total. The molecule has 0 aromatic carbocycles. The second kappa shape index (κ2) is 6.41. The van der Waals surface area contributed by atoms with Crippen molar-refractivity contribution in [2.75, 3.05) is 5.32 Å². The minimum Gasteiger partial charge on any atom is -0.298 e. The topological polar surface area (TPSA) is 98.9 Å². The van der Waals surface area contributed by atoms with E-state index in [1.807, 2.05) is 0 Å². The zero-order valence-electron chi connectivity index (χ0n) is 15.3. The van der Waals surface area contributed by atoms with E-state index in [-0.39, 0.29) is 22.5 Å². The number of pyridine rings is 1. The van der Waals surface area contributed by atoms with Crippen LogP contribution in [0.5, 0.6) is 0 Å². The number of hydrogen-bond acceptors (Lipinski definition) is 6. The molecular weight excluding hydrogens is 366 g/mol. The molecule has 3 aromatic heterocycles. The molecule has 27 heavy (non-hydrogen) atoms. The van der Waals surface area contributed by atoms with Crippen molar-refractivity contribution in [3.8, 4) is 0 Å². The van der Waals surface area contributed by atoms with Crippen LogP contribution in [0.2, 0.25) is 0 Å². The molecule has 0 spiro atoms. The van der Waals surface area contributed by atoms with E-state index < -0.39 is 11.2 Å². The number of carbonyl (C=O) groups excluding carboxylic acids is 1. The van der Waals surface area contributed by atoms with E-state index in [2.05, 4.69) is 22.2 Å². The highest BCUT2D eigenvalue weighted by Gasteiger charge is 2.21. The van der Waals surface area contributed by atoms with Gasteiger partial charge in [-0.1, -0.05) is 6.92 Å². The van der Waals surface area contributed by atoms with Crippen LogP contribution in [0, 0.1) is 5.92 Å². The third-order valence-electron chi connectivity index (χ3n) is 4.96. The molecule has 0 aliphatic heterocycles. The maximum Gasteiger partial charge on any atom is 0.332 e. The Bertz CT molecular complexity index is 1190. The molecule has 3 heterocycles. The fourth-order valence-corrected chi connectivity index (χ4v) is 4.52. The summed E-state index contributed by atoms with van der Waals surface area (Å²) >= 11 is 1.50. The molecule has 1 aliphatic rings. The number of rotatable bonds is 2. The van der Waals surface area contributed by atoms with Gasteiger partial charge in [-0.2, -0.15) is 0 Å². The molecule has 0 fully saturated rings. The van der Waals surface area contributed by atoms with Crippen LogP contribution in [0.3, 0.4) is 0 Å². The van der Waals surface area contributed by atoms with Crippen molar-refractivity contribution < 1.29 is 4.79 Å². The average molecular weight is 385 g/mol. The highest BCUT2D eigenvalue weighted by Crippen LogP contribution is 2.32. The first-order valence-corrected chi connectivity index (χ1v) is 9.52. The van der Waals surface area contributed by atoms with E-state index in [1.54, 1.807) is 0 Å². The summed E-state index contributed by atoms with van der Waals surface area (Å²) in [6.45, 7) is 2.22. The van der Waals surface area contributed by atoms with Gasteiger partial charge in [0.05, 0.1) is 16.6 Å². The first-order valence-electron chi connectivity index (χ1n) is 8.71. The first kappa shape index (κ1) is 17.6. The van der Waals surface area contributed by atoms with Crippen molar-refractivity contribution in [2.24, 2.45) is 20.0 Å². The lowest BCUT2D eigenvalue weighted by Gasteiger charge is -2.15. The maximum absolute atomic E-state index is 12.6. The molecule has 1 atom stereocenters. The van der Waals surface area contributed by atoms with Crippen molar-refractivity contribution in [1.82, 2.24) is 19.1 Å². The summed E-state index contributed by atoms with van der Waals surface area (Å²) in [5.41, 5.74) is 0.626. The Hall–Kier alpha value is -2.81. The van der Waals surface area contributed by atoms with Crippen molar-refractivity contribution in [3.63, 3.8) is 0 Å². The maximum atomic E-state index is 12.6. The molecule has 0 bridgehead atoms. The Labute approximate surface area is 158 Å². The van der Waals surface area contributed by atoms with Crippen LogP contribution < -0.4 is 16.6 Å². The smallest absolute Gasteiger partial charge is 0.298 e. The summed E-state index contributed by atoms with van der Waals surface area (Å²) in [4.78, 5) is 46.9. The molecule has 4 rings (SSSR count). The molecule has 1 N–H and O–H groups in total. The van der Waals surface area contributed by atoms with Crippen molar-refractivity contribution in [1.29, 1.82) is 0 Å². The van der Waals surface area contributed by atoms with Gasteiger partial charge in [0, 0.05) is 25.2 Å². The van der Waals surface area contributed by atoms with Crippen LogP contribution in [0.25, 0.3) is 11.0 Å². The zero-order valence-corrected chi connectivity index (χ0v) is 16.1. The predicted octanol–water partition coefficient (Wildman–Crippen LogP) is 1.47.